The van der Waals surface area contributed by atoms with Crippen LogP contribution in [0.2, 0.25) is 0 Å². The molecule has 4 amide bonds. The number of alkyl halides is 1. The van der Waals surface area contributed by atoms with Gasteiger partial charge in [0.2, 0.25) is 23.6 Å². The molecule has 46 heavy (non-hydrogen) atoms. The number of hydrogen-bond donors (Lipinski definition) is 3. The zero-order valence-corrected chi connectivity index (χ0v) is 27.4. The SMILES string of the molecule is CC[C@H](C)[C@@H]1NC(=O)[C@H](Cc2cn(OC)c3ccccc23)NC(=O)[C@H](CCCCCC(=O)C(C)F)NC(=O)[C@H]2CCCCN2C1=O. The lowest BCUT2D eigenvalue weighted by molar-refractivity contribution is -0.147. The number of nitrogens with one attached hydrogen (secondary N) is 3. The minimum atomic E-state index is -1.52. The summed E-state index contributed by atoms with van der Waals surface area (Å²) in [7, 11) is 1.54. The minimum Gasteiger partial charge on any atom is -0.417 e. The Morgan fingerprint density at radius 1 is 0.978 bits per heavy atom. The second-order valence-electron chi connectivity index (χ2n) is 12.6. The van der Waals surface area contributed by atoms with E-state index in [4.69, 9.17) is 4.84 Å². The molecule has 2 fully saturated rings. The van der Waals surface area contributed by atoms with Crippen molar-refractivity contribution in [3.63, 3.8) is 0 Å². The van der Waals surface area contributed by atoms with Gasteiger partial charge in [0.25, 0.3) is 0 Å². The van der Waals surface area contributed by atoms with Crippen LogP contribution in [0.3, 0.4) is 0 Å². The van der Waals surface area contributed by atoms with E-state index in [0.29, 0.717) is 38.6 Å². The van der Waals surface area contributed by atoms with E-state index >= 15 is 0 Å². The normalized spacial score (nSPS) is 24.2. The molecule has 252 valence electrons. The van der Waals surface area contributed by atoms with Crippen LogP contribution in [0.25, 0.3) is 10.9 Å². The van der Waals surface area contributed by atoms with Gasteiger partial charge in [-0.3, -0.25) is 24.0 Å². The van der Waals surface area contributed by atoms with Gasteiger partial charge in [-0.1, -0.05) is 51.3 Å². The summed E-state index contributed by atoms with van der Waals surface area (Å²) in [5.74, 6) is -2.36. The van der Waals surface area contributed by atoms with E-state index in [1.165, 1.54) is 14.0 Å². The molecule has 12 heteroatoms. The highest BCUT2D eigenvalue weighted by atomic mass is 19.1. The Labute approximate surface area is 269 Å². The van der Waals surface area contributed by atoms with Crippen molar-refractivity contribution in [1.82, 2.24) is 25.6 Å². The Morgan fingerprint density at radius 2 is 1.70 bits per heavy atom. The highest BCUT2D eigenvalue weighted by Crippen LogP contribution is 2.24. The summed E-state index contributed by atoms with van der Waals surface area (Å²) in [5.41, 5.74) is 1.56. The van der Waals surface area contributed by atoms with E-state index in [1.54, 1.807) is 15.8 Å². The van der Waals surface area contributed by atoms with Crippen LogP contribution in [0.1, 0.15) is 84.1 Å². The number of benzene rings is 1. The molecule has 1 aromatic carbocycles. The fraction of sp³-hybridized carbons (Fsp3) is 0.618. The maximum Gasteiger partial charge on any atom is 0.246 e. The highest BCUT2D eigenvalue weighted by Gasteiger charge is 2.41. The smallest absolute Gasteiger partial charge is 0.246 e. The van der Waals surface area contributed by atoms with Crippen molar-refractivity contribution >= 4 is 40.3 Å². The monoisotopic (exact) mass is 641 g/mol. The maximum absolute atomic E-state index is 14.0. The molecule has 0 saturated carbocycles. The molecule has 2 aliphatic rings. The van der Waals surface area contributed by atoms with Crippen LogP contribution in [-0.4, -0.2) is 83.0 Å². The Kier molecular flexibility index (Phi) is 12.2. The van der Waals surface area contributed by atoms with Crippen molar-refractivity contribution in [2.45, 2.75) is 115 Å². The third-order valence-electron chi connectivity index (χ3n) is 9.37. The quantitative estimate of drug-likeness (QED) is 0.305. The maximum atomic E-state index is 14.0. The summed E-state index contributed by atoms with van der Waals surface area (Å²) in [6, 6.07) is 3.92. The van der Waals surface area contributed by atoms with Crippen molar-refractivity contribution < 1.29 is 33.2 Å². The molecular weight excluding hydrogens is 593 g/mol. The fourth-order valence-electron chi connectivity index (χ4n) is 6.38. The van der Waals surface area contributed by atoms with Crippen LogP contribution in [0.4, 0.5) is 4.39 Å². The van der Waals surface area contributed by atoms with Crippen molar-refractivity contribution in [1.29, 1.82) is 0 Å². The average molecular weight is 642 g/mol. The highest BCUT2D eigenvalue weighted by molar-refractivity contribution is 5.98. The molecule has 2 aliphatic heterocycles. The first kappa shape index (κ1) is 34.9. The lowest BCUT2D eigenvalue weighted by Gasteiger charge is -2.39. The Morgan fingerprint density at radius 3 is 2.41 bits per heavy atom. The molecule has 4 rings (SSSR count). The van der Waals surface area contributed by atoms with Gasteiger partial charge in [-0.25, -0.2) is 4.39 Å². The van der Waals surface area contributed by atoms with Gasteiger partial charge in [-0.15, -0.1) is 0 Å². The number of Topliss-reactive ketones (excluding diaryl/α,β-unsaturated/α-hetero) is 1. The van der Waals surface area contributed by atoms with Gasteiger partial charge in [0, 0.05) is 31.0 Å². The van der Waals surface area contributed by atoms with E-state index in [-0.39, 0.29) is 31.1 Å². The number of aromatic nitrogens is 1. The average Bonchev–Trinajstić information content (AvgIpc) is 3.41. The van der Waals surface area contributed by atoms with E-state index in [0.717, 1.165) is 29.3 Å². The first-order valence-corrected chi connectivity index (χ1v) is 16.6. The third kappa shape index (κ3) is 8.24. The lowest BCUT2D eigenvalue weighted by Crippen LogP contribution is -2.64. The minimum absolute atomic E-state index is 0.106. The van der Waals surface area contributed by atoms with Crippen molar-refractivity contribution in [2.75, 3.05) is 13.7 Å². The number of nitrogens with zero attached hydrogens (tertiary/aromatic N) is 2. The van der Waals surface area contributed by atoms with Crippen molar-refractivity contribution in [3.05, 3.63) is 36.0 Å². The van der Waals surface area contributed by atoms with Crippen LogP contribution >= 0.6 is 0 Å². The van der Waals surface area contributed by atoms with Gasteiger partial charge in [-0.2, -0.15) is 4.73 Å². The van der Waals surface area contributed by atoms with Gasteiger partial charge in [0.15, 0.2) is 12.0 Å². The number of carbonyl (C=O) groups excluding carboxylic acids is 5. The number of fused-ring (bicyclic) bond motifs is 2. The molecule has 3 N–H and O–H groups in total. The number of rotatable bonds is 12. The number of amides is 4. The number of hydrogen-bond acceptors (Lipinski definition) is 6. The first-order valence-electron chi connectivity index (χ1n) is 16.6. The number of para-hydroxylation sites is 1. The number of carbonyl (C=O) groups is 5. The predicted octanol–water partition coefficient (Wildman–Crippen LogP) is 3.02. The van der Waals surface area contributed by atoms with Crippen molar-refractivity contribution in [2.24, 2.45) is 5.92 Å². The molecule has 0 spiro atoms. The van der Waals surface area contributed by atoms with Crippen LogP contribution in [0.5, 0.6) is 0 Å². The van der Waals surface area contributed by atoms with Crippen LogP contribution in [0, 0.1) is 5.92 Å². The van der Waals surface area contributed by atoms with E-state index in [2.05, 4.69) is 16.0 Å². The summed E-state index contributed by atoms with van der Waals surface area (Å²) in [4.78, 5) is 74.4. The second kappa shape index (κ2) is 16.0. The second-order valence-corrected chi connectivity index (χ2v) is 12.6. The lowest BCUT2D eigenvalue weighted by atomic mass is 9.93. The number of piperidine rings is 1. The molecule has 2 saturated heterocycles. The number of unbranched alkanes of at least 4 members (excludes halogenated alkanes) is 2. The zero-order valence-electron chi connectivity index (χ0n) is 27.4. The Bertz CT molecular complexity index is 1410. The van der Waals surface area contributed by atoms with Gasteiger partial charge in [0.05, 0.1) is 5.52 Å². The molecule has 0 radical (unpaired) electrons. The summed E-state index contributed by atoms with van der Waals surface area (Å²) in [6.45, 7) is 5.44. The Hall–Kier alpha value is -3.96. The molecule has 2 aromatic rings. The summed E-state index contributed by atoms with van der Waals surface area (Å²) in [6.07, 6.45) is 4.84. The van der Waals surface area contributed by atoms with E-state index in [9.17, 15) is 28.4 Å². The third-order valence-corrected chi connectivity index (χ3v) is 9.37. The van der Waals surface area contributed by atoms with Crippen LogP contribution in [0.15, 0.2) is 30.5 Å². The molecule has 11 nitrogen and oxygen atoms in total. The first-order chi connectivity index (χ1) is 22.0. The van der Waals surface area contributed by atoms with Gasteiger partial charge in [-0.05, 0) is 56.6 Å². The molecule has 3 heterocycles. The topological polar surface area (TPSA) is 139 Å². The zero-order chi connectivity index (χ0) is 33.4. The van der Waals surface area contributed by atoms with Gasteiger partial charge in [0.1, 0.15) is 31.3 Å². The molecule has 1 unspecified atom stereocenters. The molecule has 6 atom stereocenters. The van der Waals surface area contributed by atoms with Crippen molar-refractivity contribution in [3.8, 4) is 0 Å². The largest absolute Gasteiger partial charge is 0.417 e. The van der Waals surface area contributed by atoms with E-state index in [1.807, 2.05) is 38.1 Å². The summed E-state index contributed by atoms with van der Waals surface area (Å²) in [5, 5.41) is 9.60. The van der Waals surface area contributed by atoms with Gasteiger partial charge >= 0.3 is 0 Å². The predicted molar refractivity (Wildman–Crippen MR) is 171 cm³/mol. The summed E-state index contributed by atoms with van der Waals surface area (Å²) < 4.78 is 14.9. The number of ketones is 1. The van der Waals surface area contributed by atoms with Gasteiger partial charge < -0.3 is 25.7 Å². The Balaban J connectivity index is 1.65. The number of halogens is 1. The molecule has 1 aromatic heterocycles. The molecule has 0 aliphatic carbocycles. The fourth-order valence-corrected chi connectivity index (χ4v) is 6.38. The van der Waals surface area contributed by atoms with E-state index < -0.39 is 53.8 Å². The standard InChI is InChI=1S/C34H48FN5O6/c1-5-21(2)30-34(45)39-18-12-11-16-28(39)33(44)36-25(14-7-6-8-17-29(41)22(3)35)31(42)37-26(32(43)38-30)19-23-20-40(46-4)27-15-10-9-13-24(23)27/h9-10,13,15,20-22,25-26,28,30H,5-8,11-12,14,16-19H2,1-4H3,(H,36,44)(H,37,42)(H,38,43)/t21-,22?,25-,26-,28+,30-/m0/s1. The molecular formula is C34H48FN5O6. The van der Waals surface area contributed by atoms with Crippen LogP contribution < -0.4 is 20.8 Å². The molecule has 0 bridgehead atoms. The van der Waals surface area contributed by atoms with Crippen LogP contribution in [-0.2, 0) is 30.4 Å². The summed E-state index contributed by atoms with van der Waals surface area (Å²) >= 11 is 0.